The summed E-state index contributed by atoms with van der Waals surface area (Å²) < 4.78 is 23.2. The number of nitrogens with zero attached hydrogens (tertiary/aromatic N) is 1. The van der Waals surface area contributed by atoms with E-state index in [9.17, 15) is 8.42 Å². The molecule has 4 N–H and O–H groups in total. The van der Waals surface area contributed by atoms with Crippen molar-refractivity contribution in [1.29, 1.82) is 0 Å². The van der Waals surface area contributed by atoms with Crippen LogP contribution in [0.5, 0.6) is 0 Å². The lowest BCUT2D eigenvalue weighted by atomic mass is 10.2. The van der Waals surface area contributed by atoms with Gasteiger partial charge >= 0.3 is 0 Å². The zero-order valence-electron chi connectivity index (χ0n) is 10.8. The minimum absolute atomic E-state index is 0.0675. The van der Waals surface area contributed by atoms with Gasteiger partial charge in [-0.05, 0) is 31.4 Å². The van der Waals surface area contributed by atoms with Gasteiger partial charge in [-0.25, -0.2) is 13.6 Å². The van der Waals surface area contributed by atoms with Crippen LogP contribution in [0.15, 0.2) is 23.1 Å². The molecule has 0 heterocycles. The van der Waals surface area contributed by atoms with Crippen molar-refractivity contribution < 1.29 is 8.42 Å². The standard InChI is InChI=1S/C11H19N3O2S2/c1-8(7-17-3)14(2)10-5-4-9(12)6-11(10)18(13,15)16/h4-6,8H,7,12H2,1-3H3,(H2,13,15,16). The van der Waals surface area contributed by atoms with Crippen molar-refractivity contribution >= 4 is 33.2 Å². The fraction of sp³-hybridized carbons (Fsp3) is 0.455. The maximum atomic E-state index is 11.6. The number of hydrogen-bond donors (Lipinski definition) is 2. The first kappa shape index (κ1) is 15.1. The van der Waals surface area contributed by atoms with E-state index in [1.54, 1.807) is 23.9 Å². The molecule has 1 aromatic carbocycles. The zero-order chi connectivity index (χ0) is 13.9. The number of thioether (sulfide) groups is 1. The molecule has 0 aliphatic rings. The molecule has 0 fully saturated rings. The SMILES string of the molecule is CSCC(C)N(C)c1ccc(N)cc1S(N)(=O)=O. The molecule has 7 heteroatoms. The Morgan fingerprint density at radius 3 is 2.56 bits per heavy atom. The summed E-state index contributed by atoms with van der Waals surface area (Å²) >= 11 is 1.70. The molecule has 0 radical (unpaired) electrons. The smallest absolute Gasteiger partial charge is 0.240 e. The summed E-state index contributed by atoms with van der Waals surface area (Å²) in [6.45, 7) is 2.03. The van der Waals surface area contributed by atoms with Crippen LogP contribution in [-0.4, -0.2) is 33.5 Å². The van der Waals surface area contributed by atoms with Crippen LogP contribution in [-0.2, 0) is 10.0 Å². The first-order chi connectivity index (χ1) is 8.27. The lowest BCUT2D eigenvalue weighted by molar-refractivity contribution is 0.597. The van der Waals surface area contributed by atoms with Gasteiger partial charge in [-0.15, -0.1) is 0 Å². The summed E-state index contributed by atoms with van der Waals surface area (Å²) in [7, 11) is -1.93. The molecule has 1 aromatic rings. The van der Waals surface area contributed by atoms with E-state index in [4.69, 9.17) is 10.9 Å². The van der Waals surface area contributed by atoms with Crippen molar-refractivity contribution in [3.8, 4) is 0 Å². The predicted octanol–water partition coefficient (Wildman–Crippen LogP) is 1.10. The van der Waals surface area contributed by atoms with Crippen LogP contribution in [0.4, 0.5) is 11.4 Å². The summed E-state index contributed by atoms with van der Waals surface area (Å²) in [5, 5.41) is 5.22. The summed E-state index contributed by atoms with van der Waals surface area (Å²) in [5.41, 5.74) is 6.58. The highest BCUT2D eigenvalue weighted by molar-refractivity contribution is 7.98. The molecule has 1 atom stereocenters. The van der Waals surface area contributed by atoms with Gasteiger partial charge in [-0.1, -0.05) is 0 Å². The van der Waals surface area contributed by atoms with E-state index in [1.807, 2.05) is 25.1 Å². The van der Waals surface area contributed by atoms with Gasteiger partial charge in [-0.2, -0.15) is 11.8 Å². The van der Waals surface area contributed by atoms with Crippen LogP contribution in [0.25, 0.3) is 0 Å². The topological polar surface area (TPSA) is 89.4 Å². The maximum absolute atomic E-state index is 11.6. The second-order valence-corrected chi connectivity index (χ2v) is 6.63. The van der Waals surface area contributed by atoms with Crippen LogP contribution < -0.4 is 15.8 Å². The van der Waals surface area contributed by atoms with Crippen molar-refractivity contribution in [2.75, 3.05) is 29.7 Å². The normalized spacial score (nSPS) is 13.3. The fourth-order valence-corrected chi connectivity index (χ4v) is 3.15. The summed E-state index contributed by atoms with van der Waals surface area (Å²) in [6, 6.07) is 4.95. The first-order valence-electron chi connectivity index (χ1n) is 5.41. The first-order valence-corrected chi connectivity index (χ1v) is 8.35. The van der Waals surface area contributed by atoms with Crippen LogP contribution in [0.3, 0.4) is 0 Å². The van der Waals surface area contributed by atoms with Gasteiger partial charge in [0.15, 0.2) is 0 Å². The van der Waals surface area contributed by atoms with Crippen LogP contribution in [0, 0.1) is 0 Å². The van der Waals surface area contributed by atoms with Crippen molar-refractivity contribution in [2.45, 2.75) is 17.9 Å². The molecule has 5 nitrogen and oxygen atoms in total. The molecular weight excluding hydrogens is 270 g/mol. The van der Waals surface area contributed by atoms with E-state index in [1.165, 1.54) is 6.07 Å². The molecule has 0 aromatic heterocycles. The third-order valence-electron chi connectivity index (χ3n) is 2.74. The van der Waals surface area contributed by atoms with Crippen LogP contribution >= 0.6 is 11.8 Å². The van der Waals surface area contributed by atoms with Gasteiger partial charge < -0.3 is 10.6 Å². The van der Waals surface area contributed by atoms with Gasteiger partial charge in [0.25, 0.3) is 0 Å². The summed E-state index contributed by atoms with van der Waals surface area (Å²) in [5.74, 6) is 0.894. The number of rotatable bonds is 5. The Hall–Kier alpha value is -0.920. The monoisotopic (exact) mass is 289 g/mol. The van der Waals surface area contributed by atoms with E-state index in [-0.39, 0.29) is 10.9 Å². The Morgan fingerprint density at radius 2 is 2.06 bits per heavy atom. The second kappa shape index (κ2) is 5.81. The third-order valence-corrected chi connectivity index (χ3v) is 4.50. The molecule has 0 amide bonds. The average molecular weight is 289 g/mol. The van der Waals surface area contributed by atoms with Crippen molar-refractivity contribution in [1.82, 2.24) is 0 Å². The molecule has 0 saturated carbocycles. The van der Waals surface area contributed by atoms with Crippen molar-refractivity contribution in [3.63, 3.8) is 0 Å². The number of nitrogens with two attached hydrogens (primary N) is 2. The molecule has 0 bridgehead atoms. The van der Waals surface area contributed by atoms with Gasteiger partial charge in [0.05, 0.1) is 5.69 Å². The molecular formula is C11H19N3O2S2. The Labute approximate surface area is 113 Å². The largest absolute Gasteiger partial charge is 0.399 e. The highest BCUT2D eigenvalue weighted by Gasteiger charge is 2.19. The molecule has 102 valence electrons. The predicted molar refractivity (Wildman–Crippen MR) is 78.5 cm³/mol. The average Bonchev–Trinajstić information content (AvgIpc) is 2.27. The van der Waals surface area contributed by atoms with Gasteiger partial charge in [0.1, 0.15) is 4.90 Å². The van der Waals surface area contributed by atoms with Gasteiger partial charge in [0, 0.05) is 24.5 Å². The van der Waals surface area contributed by atoms with E-state index in [0.717, 1.165) is 5.75 Å². The van der Waals surface area contributed by atoms with Crippen LogP contribution in [0.1, 0.15) is 6.92 Å². The van der Waals surface area contributed by atoms with E-state index < -0.39 is 10.0 Å². The zero-order valence-corrected chi connectivity index (χ0v) is 12.4. The second-order valence-electron chi connectivity index (χ2n) is 4.19. The van der Waals surface area contributed by atoms with E-state index in [0.29, 0.717) is 11.4 Å². The molecule has 18 heavy (non-hydrogen) atoms. The highest BCUT2D eigenvalue weighted by Crippen LogP contribution is 2.27. The molecule has 0 spiro atoms. The van der Waals surface area contributed by atoms with Gasteiger partial charge in [0.2, 0.25) is 10.0 Å². The Bertz CT molecular complexity index is 517. The Morgan fingerprint density at radius 1 is 1.44 bits per heavy atom. The quantitative estimate of drug-likeness (QED) is 0.792. The highest BCUT2D eigenvalue weighted by atomic mass is 32.2. The Kier molecular flexibility index (Phi) is 4.89. The van der Waals surface area contributed by atoms with Crippen LogP contribution in [0.2, 0.25) is 0 Å². The summed E-state index contributed by atoms with van der Waals surface area (Å²) in [4.78, 5) is 1.97. The molecule has 1 rings (SSSR count). The van der Waals surface area contributed by atoms with E-state index >= 15 is 0 Å². The number of primary sulfonamides is 1. The van der Waals surface area contributed by atoms with Crippen molar-refractivity contribution in [3.05, 3.63) is 18.2 Å². The van der Waals surface area contributed by atoms with Crippen molar-refractivity contribution in [2.24, 2.45) is 5.14 Å². The number of hydrogen-bond acceptors (Lipinski definition) is 5. The number of anilines is 2. The molecule has 1 unspecified atom stereocenters. The lowest BCUT2D eigenvalue weighted by Crippen LogP contribution is -2.32. The number of benzene rings is 1. The number of nitrogen functional groups attached to an aromatic ring is 1. The third kappa shape index (κ3) is 3.54. The number of sulfonamides is 1. The van der Waals surface area contributed by atoms with E-state index in [2.05, 4.69) is 0 Å². The fourth-order valence-electron chi connectivity index (χ4n) is 1.64. The molecule has 0 saturated heterocycles. The molecule has 0 aliphatic heterocycles. The minimum atomic E-state index is -3.78. The minimum Gasteiger partial charge on any atom is -0.399 e. The Balaban J connectivity index is 3.24. The van der Waals surface area contributed by atoms with Gasteiger partial charge in [-0.3, -0.25) is 0 Å². The lowest BCUT2D eigenvalue weighted by Gasteiger charge is -2.28. The molecule has 0 aliphatic carbocycles. The maximum Gasteiger partial charge on any atom is 0.240 e. The summed E-state index contributed by atoms with van der Waals surface area (Å²) in [6.07, 6.45) is 2.01.